The number of aryl methyl sites for hydroxylation is 1. The highest BCUT2D eigenvalue weighted by Crippen LogP contribution is 2.26. The Morgan fingerprint density at radius 2 is 2.06 bits per heavy atom. The Kier molecular flexibility index (Phi) is 3.40. The molecule has 1 aromatic heterocycles. The zero-order valence-corrected chi connectivity index (χ0v) is 9.97. The summed E-state index contributed by atoms with van der Waals surface area (Å²) in [5, 5.41) is 9.16. The van der Waals surface area contributed by atoms with Crippen LogP contribution in [0.15, 0.2) is 36.5 Å². The Morgan fingerprint density at radius 3 is 2.76 bits per heavy atom. The summed E-state index contributed by atoms with van der Waals surface area (Å²) in [5.74, 6) is 0.594. The Bertz CT molecular complexity index is 523. The maximum absolute atomic E-state index is 9.16. The number of hydrogen-bond donors (Lipinski definition) is 1. The average Bonchev–Trinajstić information content (AvgIpc) is 2.39. The summed E-state index contributed by atoms with van der Waals surface area (Å²) in [4.78, 5) is 4.08. The van der Waals surface area contributed by atoms with E-state index in [1.165, 1.54) is 0 Å². The van der Waals surface area contributed by atoms with E-state index in [0.717, 1.165) is 22.3 Å². The molecule has 0 atom stereocenters. The van der Waals surface area contributed by atoms with E-state index >= 15 is 0 Å². The number of hydrogen-bond acceptors (Lipinski definition) is 3. The highest BCUT2D eigenvalue weighted by molar-refractivity contribution is 5.68. The number of methoxy groups -OCH3 is 1. The third-order valence-electron chi connectivity index (χ3n) is 2.74. The van der Waals surface area contributed by atoms with Crippen LogP contribution in [-0.4, -0.2) is 17.2 Å². The van der Waals surface area contributed by atoms with Gasteiger partial charge in [0.1, 0.15) is 0 Å². The normalized spacial score (nSPS) is 10.3. The summed E-state index contributed by atoms with van der Waals surface area (Å²) in [5.41, 5.74) is 4.21. The van der Waals surface area contributed by atoms with Gasteiger partial charge in [0.15, 0.2) is 0 Å². The molecular formula is C14H15NO2. The lowest BCUT2D eigenvalue weighted by Gasteiger charge is -2.09. The number of aliphatic hydroxyl groups excluding tert-OH is 1. The summed E-state index contributed by atoms with van der Waals surface area (Å²) in [7, 11) is 1.60. The van der Waals surface area contributed by atoms with E-state index in [9.17, 15) is 0 Å². The van der Waals surface area contributed by atoms with Gasteiger partial charge in [0.2, 0.25) is 5.88 Å². The third-order valence-corrected chi connectivity index (χ3v) is 2.74. The molecule has 3 nitrogen and oxygen atoms in total. The van der Waals surface area contributed by atoms with Crippen molar-refractivity contribution in [2.24, 2.45) is 0 Å². The Balaban J connectivity index is 2.50. The van der Waals surface area contributed by atoms with Gasteiger partial charge in [-0.3, -0.25) is 0 Å². The molecule has 0 aliphatic rings. The van der Waals surface area contributed by atoms with Crippen LogP contribution in [0, 0.1) is 6.92 Å². The van der Waals surface area contributed by atoms with Gasteiger partial charge in [-0.25, -0.2) is 4.98 Å². The molecule has 2 aromatic rings. The van der Waals surface area contributed by atoms with Crippen LogP contribution in [0.4, 0.5) is 0 Å². The number of rotatable bonds is 3. The van der Waals surface area contributed by atoms with E-state index in [1.54, 1.807) is 13.3 Å². The molecule has 0 spiro atoms. The van der Waals surface area contributed by atoms with Gasteiger partial charge in [-0.15, -0.1) is 0 Å². The first-order valence-electron chi connectivity index (χ1n) is 5.45. The highest BCUT2D eigenvalue weighted by atomic mass is 16.5. The van der Waals surface area contributed by atoms with E-state index in [1.807, 2.05) is 37.3 Å². The first kappa shape index (κ1) is 11.6. The number of pyridine rings is 1. The van der Waals surface area contributed by atoms with Gasteiger partial charge < -0.3 is 9.84 Å². The van der Waals surface area contributed by atoms with Crippen molar-refractivity contribution < 1.29 is 9.84 Å². The van der Waals surface area contributed by atoms with Crippen molar-refractivity contribution in [3.8, 4) is 17.0 Å². The SMILES string of the molecule is COc1cc(-c2cc(CO)ccc2C)ccn1. The van der Waals surface area contributed by atoms with Gasteiger partial charge in [0, 0.05) is 12.3 Å². The predicted octanol–water partition coefficient (Wildman–Crippen LogP) is 2.56. The van der Waals surface area contributed by atoms with Crippen LogP contribution in [0.1, 0.15) is 11.1 Å². The van der Waals surface area contributed by atoms with Crippen LogP contribution in [0.3, 0.4) is 0 Å². The predicted molar refractivity (Wildman–Crippen MR) is 66.9 cm³/mol. The fraction of sp³-hybridized carbons (Fsp3) is 0.214. The van der Waals surface area contributed by atoms with Crippen LogP contribution in [-0.2, 0) is 6.61 Å². The van der Waals surface area contributed by atoms with E-state index in [-0.39, 0.29) is 6.61 Å². The van der Waals surface area contributed by atoms with Crippen molar-refractivity contribution in [1.82, 2.24) is 4.98 Å². The second-order valence-corrected chi connectivity index (χ2v) is 3.89. The molecule has 0 bridgehead atoms. The first-order valence-corrected chi connectivity index (χ1v) is 5.45. The van der Waals surface area contributed by atoms with Crippen LogP contribution in [0.25, 0.3) is 11.1 Å². The molecule has 1 heterocycles. The molecule has 0 saturated heterocycles. The second kappa shape index (κ2) is 4.97. The molecule has 3 heteroatoms. The number of nitrogens with zero attached hydrogens (tertiary/aromatic N) is 1. The summed E-state index contributed by atoms with van der Waals surface area (Å²) < 4.78 is 5.11. The summed E-state index contributed by atoms with van der Waals surface area (Å²) in [6.45, 7) is 2.10. The molecule has 1 aromatic carbocycles. The van der Waals surface area contributed by atoms with Crippen molar-refractivity contribution in [1.29, 1.82) is 0 Å². The lowest BCUT2D eigenvalue weighted by atomic mass is 9.99. The maximum atomic E-state index is 9.16. The lowest BCUT2D eigenvalue weighted by molar-refractivity contribution is 0.282. The lowest BCUT2D eigenvalue weighted by Crippen LogP contribution is -1.91. The van der Waals surface area contributed by atoms with Gasteiger partial charge >= 0.3 is 0 Å². The smallest absolute Gasteiger partial charge is 0.213 e. The van der Waals surface area contributed by atoms with Gasteiger partial charge in [-0.2, -0.15) is 0 Å². The molecule has 0 aliphatic carbocycles. The van der Waals surface area contributed by atoms with Crippen LogP contribution >= 0.6 is 0 Å². The Morgan fingerprint density at radius 1 is 1.24 bits per heavy atom. The number of ether oxygens (including phenoxy) is 1. The molecular weight excluding hydrogens is 214 g/mol. The Hall–Kier alpha value is -1.87. The van der Waals surface area contributed by atoms with Gasteiger partial charge in [0.25, 0.3) is 0 Å². The Labute approximate surface area is 101 Å². The standard InChI is InChI=1S/C14H15NO2/c1-10-3-4-11(9-16)7-13(10)12-5-6-15-14(8-12)17-2/h3-8,16H,9H2,1-2H3. The number of benzene rings is 1. The number of aliphatic hydroxyl groups is 1. The van der Waals surface area contributed by atoms with Gasteiger partial charge in [-0.05, 0) is 41.3 Å². The summed E-state index contributed by atoms with van der Waals surface area (Å²) >= 11 is 0. The van der Waals surface area contributed by atoms with Crippen molar-refractivity contribution in [2.45, 2.75) is 13.5 Å². The molecule has 2 rings (SSSR count). The number of aromatic nitrogens is 1. The van der Waals surface area contributed by atoms with E-state index < -0.39 is 0 Å². The minimum absolute atomic E-state index is 0.0511. The van der Waals surface area contributed by atoms with Crippen LogP contribution < -0.4 is 4.74 Å². The van der Waals surface area contributed by atoms with E-state index in [4.69, 9.17) is 9.84 Å². The molecule has 0 unspecified atom stereocenters. The van der Waals surface area contributed by atoms with Crippen molar-refractivity contribution in [3.63, 3.8) is 0 Å². The molecule has 1 N–H and O–H groups in total. The minimum atomic E-state index is 0.0511. The quantitative estimate of drug-likeness (QED) is 0.879. The zero-order valence-electron chi connectivity index (χ0n) is 9.97. The molecule has 0 saturated carbocycles. The molecule has 0 aliphatic heterocycles. The van der Waals surface area contributed by atoms with Crippen molar-refractivity contribution in [3.05, 3.63) is 47.7 Å². The van der Waals surface area contributed by atoms with Crippen molar-refractivity contribution >= 4 is 0 Å². The average molecular weight is 229 g/mol. The van der Waals surface area contributed by atoms with Crippen LogP contribution in [0.5, 0.6) is 5.88 Å². The monoisotopic (exact) mass is 229 g/mol. The molecule has 17 heavy (non-hydrogen) atoms. The topological polar surface area (TPSA) is 42.4 Å². The van der Waals surface area contributed by atoms with Gasteiger partial charge in [-0.1, -0.05) is 12.1 Å². The minimum Gasteiger partial charge on any atom is -0.481 e. The molecule has 0 fully saturated rings. The highest BCUT2D eigenvalue weighted by Gasteiger charge is 2.05. The summed E-state index contributed by atoms with van der Waals surface area (Å²) in [6, 6.07) is 9.75. The largest absolute Gasteiger partial charge is 0.481 e. The fourth-order valence-electron chi connectivity index (χ4n) is 1.77. The second-order valence-electron chi connectivity index (χ2n) is 3.89. The maximum Gasteiger partial charge on any atom is 0.213 e. The van der Waals surface area contributed by atoms with Gasteiger partial charge in [0.05, 0.1) is 13.7 Å². The van der Waals surface area contributed by atoms with Crippen LogP contribution in [0.2, 0.25) is 0 Å². The molecule has 0 amide bonds. The van der Waals surface area contributed by atoms with Crippen molar-refractivity contribution in [2.75, 3.05) is 7.11 Å². The van der Waals surface area contributed by atoms with E-state index in [2.05, 4.69) is 4.98 Å². The fourth-order valence-corrected chi connectivity index (χ4v) is 1.77. The third kappa shape index (κ3) is 2.45. The first-order chi connectivity index (χ1) is 8.24. The van der Waals surface area contributed by atoms with E-state index in [0.29, 0.717) is 5.88 Å². The molecule has 0 radical (unpaired) electrons. The summed E-state index contributed by atoms with van der Waals surface area (Å²) in [6.07, 6.45) is 1.72. The molecule has 88 valence electrons. The zero-order chi connectivity index (χ0) is 12.3.